The number of benzene rings is 1. The van der Waals surface area contributed by atoms with Gasteiger partial charge in [0.1, 0.15) is 10.1 Å². The number of nitrogens with two attached hydrogens (primary N) is 1. The molecule has 0 saturated carbocycles. The molecule has 25 heavy (non-hydrogen) atoms. The predicted octanol–water partition coefficient (Wildman–Crippen LogP) is 1.62. The van der Waals surface area contributed by atoms with Crippen molar-refractivity contribution in [1.29, 1.82) is 0 Å². The predicted molar refractivity (Wildman–Crippen MR) is 97.9 cm³/mol. The van der Waals surface area contributed by atoms with Crippen molar-refractivity contribution in [2.24, 2.45) is 5.73 Å². The lowest BCUT2D eigenvalue weighted by Gasteiger charge is -2.13. The van der Waals surface area contributed by atoms with Gasteiger partial charge in [-0.1, -0.05) is 36.1 Å². The van der Waals surface area contributed by atoms with E-state index < -0.39 is 11.9 Å². The summed E-state index contributed by atoms with van der Waals surface area (Å²) in [4.78, 5) is 35.5. The van der Waals surface area contributed by atoms with E-state index in [-0.39, 0.29) is 25.5 Å². The molecule has 7 nitrogen and oxygen atoms in total. The first-order valence-corrected chi connectivity index (χ1v) is 8.57. The lowest BCUT2D eigenvalue weighted by molar-refractivity contribution is -0.137. The van der Waals surface area contributed by atoms with Gasteiger partial charge in [0.25, 0.3) is 11.8 Å². The van der Waals surface area contributed by atoms with Crippen molar-refractivity contribution in [2.45, 2.75) is 12.8 Å². The van der Waals surface area contributed by atoms with Crippen molar-refractivity contribution in [3.63, 3.8) is 0 Å². The van der Waals surface area contributed by atoms with E-state index in [4.69, 9.17) is 27.8 Å². The molecule has 0 atom stereocenters. The summed E-state index contributed by atoms with van der Waals surface area (Å²) < 4.78 is 5.59. The molecule has 1 saturated heterocycles. The van der Waals surface area contributed by atoms with Crippen molar-refractivity contribution < 1.29 is 24.2 Å². The highest BCUT2D eigenvalue weighted by Gasteiger charge is 2.31. The Hall–Kier alpha value is -2.39. The fourth-order valence-corrected chi connectivity index (χ4v) is 3.36. The first-order valence-electron chi connectivity index (χ1n) is 7.35. The highest BCUT2D eigenvalue weighted by molar-refractivity contribution is 8.26. The third-order valence-electron chi connectivity index (χ3n) is 3.20. The number of carboxylic acids is 1. The lowest BCUT2D eigenvalue weighted by atomic mass is 10.2. The average molecular weight is 380 g/mol. The van der Waals surface area contributed by atoms with Gasteiger partial charge in [-0.25, -0.2) is 0 Å². The quantitative estimate of drug-likeness (QED) is 0.521. The molecule has 1 fully saturated rings. The molecule has 0 unspecified atom stereocenters. The van der Waals surface area contributed by atoms with Crippen LogP contribution in [0.1, 0.15) is 18.4 Å². The normalized spacial score (nSPS) is 15.7. The SMILES string of the molecule is NC(=O)COc1ccc(/C=C2\SC(=S)N(CCCC(=O)O)C2=O)cc1. The third-order valence-corrected chi connectivity index (χ3v) is 4.58. The fourth-order valence-electron chi connectivity index (χ4n) is 2.05. The summed E-state index contributed by atoms with van der Waals surface area (Å²) in [7, 11) is 0. The molecule has 0 spiro atoms. The molecule has 1 aromatic carbocycles. The van der Waals surface area contributed by atoms with Crippen LogP contribution < -0.4 is 10.5 Å². The van der Waals surface area contributed by atoms with Crippen LogP contribution in [0.3, 0.4) is 0 Å². The highest BCUT2D eigenvalue weighted by atomic mass is 32.2. The molecular weight excluding hydrogens is 364 g/mol. The van der Waals surface area contributed by atoms with Gasteiger partial charge in [-0.05, 0) is 30.2 Å². The third kappa shape index (κ3) is 5.57. The van der Waals surface area contributed by atoms with Gasteiger partial charge in [0.05, 0.1) is 4.91 Å². The van der Waals surface area contributed by atoms with E-state index in [1.54, 1.807) is 30.3 Å². The Bertz CT molecular complexity index is 731. The maximum atomic E-state index is 12.4. The Labute approximate surface area is 153 Å². The Morgan fingerprint density at radius 2 is 2.00 bits per heavy atom. The van der Waals surface area contributed by atoms with Crippen molar-refractivity contribution in [2.75, 3.05) is 13.2 Å². The fraction of sp³-hybridized carbons (Fsp3) is 0.250. The van der Waals surface area contributed by atoms with Crippen LogP contribution in [0, 0.1) is 0 Å². The minimum Gasteiger partial charge on any atom is -0.484 e. The zero-order valence-corrected chi connectivity index (χ0v) is 14.8. The second kappa shape index (κ2) is 8.63. The molecule has 0 aliphatic carbocycles. The number of ether oxygens (including phenoxy) is 1. The van der Waals surface area contributed by atoms with Crippen molar-refractivity contribution in [3.8, 4) is 5.75 Å². The van der Waals surface area contributed by atoms with Crippen LogP contribution in [0.4, 0.5) is 0 Å². The number of hydrogen-bond acceptors (Lipinski definition) is 6. The molecule has 3 N–H and O–H groups in total. The number of thioether (sulfide) groups is 1. The summed E-state index contributed by atoms with van der Waals surface area (Å²) >= 11 is 6.37. The van der Waals surface area contributed by atoms with Crippen LogP contribution in [-0.2, 0) is 14.4 Å². The standard InChI is InChI=1S/C16H16N2O5S2/c17-13(19)9-23-11-5-3-10(4-6-11)8-12-15(22)18(16(24)25-12)7-1-2-14(20)21/h3-6,8H,1-2,7,9H2,(H2,17,19)(H,20,21)/b12-8-. The van der Waals surface area contributed by atoms with E-state index >= 15 is 0 Å². The van der Waals surface area contributed by atoms with E-state index in [0.717, 1.165) is 5.56 Å². The van der Waals surface area contributed by atoms with Gasteiger partial charge >= 0.3 is 5.97 Å². The zero-order valence-electron chi connectivity index (χ0n) is 13.1. The van der Waals surface area contributed by atoms with Crippen LogP contribution in [0.5, 0.6) is 5.75 Å². The second-order valence-corrected chi connectivity index (χ2v) is 6.83. The van der Waals surface area contributed by atoms with Gasteiger partial charge in [0.15, 0.2) is 6.61 Å². The number of thiocarbonyl (C=S) groups is 1. The summed E-state index contributed by atoms with van der Waals surface area (Å²) in [6, 6.07) is 6.82. The second-order valence-electron chi connectivity index (χ2n) is 5.15. The number of rotatable bonds is 8. The molecule has 1 aromatic rings. The minimum absolute atomic E-state index is 0.0110. The topological polar surface area (TPSA) is 110 Å². The summed E-state index contributed by atoms with van der Waals surface area (Å²) in [5, 5.41) is 8.67. The smallest absolute Gasteiger partial charge is 0.303 e. The van der Waals surface area contributed by atoms with E-state index in [1.807, 2.05) is 0 Å². The summed E-state index contributed by atoms with van der Waals surface area (Å²) in [5.74, 6) is -1.19. The molecule has 2 amide bonds. The van der Waals surface area contributed by atoms with Crippen molar-refractivity contribution in [1.82, 2.24) is 4.90 Å². The zero-order chi connectivity index (χ0) is 18.4. The van der Waals surface area contributed by atoms with Crippen molar-refractivity contribution >= 4 is 52.2 Å². The monoisotopic (exact) mass is 380 g/mol. The summed E-state index contributed by atoms with van der Waals surface area (Å²) in [5.41, 5.74) is 5.78. The van der Waals surface area contributed by atoms with E-state index in [2.05, 4.69) is 0 Å². The molecule has 2 rings (SSSR count). The molecule has 0 bridgehead atoms. The number of nitrogens with zero attached hydrogens (tertiary/aromatic N) is 1. The maximum Gasteiger partial charge on any atom is 0.303 e. The molecule has 0 aromatic heterocycles. The molecular formula is C16H16N2O5S2. The molecule has 1 aliphatic heterocycles. The van der Waals surface area contributed by atoms with Crippen LogP contribution in [0.15, 0.2) is 29.2 Å². The summed E-state index contributed by atoms with van der Waals surface area (Å²) in [6.45, 7) is 0.0859. The van der Waals surface area contributed by atoms with Gasteiger partial charge in [-0.3, -0.25) is 19.3 Å². The summed E-state index contributed by atoms with van der Waals surface area (Å²) in [6.07, 6.45) is 2.04. The molecule has 132 valence electrons. The van der Waals surface area contributed by atoms with Gasteiger partial charge in [0.2, 0.25) is 0 Å². The Kier molecular flexibility index (Phi) is 6.54. The number of carbonyl (C=O) groups is 3. The number of aliphatic carboxylic acids is 1. The number of carboxylic acid groups (broad SMARTS) is 1. The van der Waals surface area contributed by atoms with Gasteiger partial charge in [0, 0.05) is 13.0 Å². The first kappa shape index (κ1) is 18.9. The largest absolute Gasteiger partial charge is 0.484 e. The number of amides is 2. The average Bonchev–Trinajstić information content (AvgIpc) is 2.81. The molecule has 0 radical (unpaired) electrons. The van der Waals surface area contributed by atoms with Crippen molar-refractivity contribution in [3.05, 3.63) is 34.7 Å². The van der Waals surface area contributed by atoms with Crippen LogP contribution in [0.2, 0.25) is 0 Å². The van der Waals surface area contributed by atoms with E-state index in [0.29, 0.717) is 21.4 Å². The Morgan fingerprint density at radius 1 is 1.32 bits per heavy atom. The number of carbonyl (C=O) groups excluding carboxylic acids is 2. The molecule has 1 heterocycles. The van der Waals surface area contributed by atoms with Crippen LogP contribution >= 0.6 is 24.0 Å². The van der Waals surface area contributed by atoms with Crippen LogP contribution in [0.25, 0.3) is 6.08 Å². The number of primary amides is 1. The molecule has 1 aliphatic rings. The highest BCUT2D eigenvalue weighted by Crippen LogP contribution is 2.32. The maximum absolute atomic E-state index is 12.4. The number of hydrogen-bond donors (Lipinski definition) is 2. The first-order chi connectivity index (χ1) is 11.9. The Balaban J connectivity index is 2.00. The van der Waals surface area contributed by atoms with Gasteiger partial charge in [-0.15, -0.1) is 0 Å². The lowest BCUT2D eigenvalue weighted by Crippen LogP contribution is -2.29. The van der Waals surface area contributed by atoms with Gasteiger partial charge in [-0.2, -0.15) is 0 Å². The Morgan fingerprint density at radius 3 is 2.60 bits per heavy atom. The van der Waals surface area contributed by atoms with E-state index in [9.17, 15) is 14.4 Å². The molecule has 9 heteroatoms. The van der Waals surface area contributed by atoms with Gasteiger partial charge < -0.3 is 15.6 Å². The van der Waals surface area contributed by atoms with E-state index in [1.165, 1.54) is 16.7 Å². The minimum atomic E-state index is -0.903. The van der Waals surface area contributed by atoms with Crippen LogP contribution in [-0.4, -0.2) is 45.3 Å².